The molecule has 4 heteroatoms. The van der Waals surface area contributed by atoms with Crippen LogP contribution in [0.15, 0.2) is 53.9 Å². The van der Waals surface area contributed by atoms with E-state index in [4.69, 9.17) is 9.47 Å². The smallest absolute Gasteiger partial charge is 0.165 e. The summed E-state index contributed by atoms with van der Waals surface area (Å²) in [4.78, 5) is 4.16. The van der Waals surface area contributed by atoms with Gasteiger partial charge in [0.15, 0.2) is 11.5 Å². The normalized spacial score (nSPS) is 18.3. The quantitative estimate of drug-likeness (QED) is 0.639. The molecular formula is C23H23NO2S. The van der Waals surface area contributed by atoms with E-state index < -0.39 is 0 Å². The lowest BCUT2D eigenvalue weighted by Crippen LogP contribution is -2.38. The second kappa shape index (κ2) is 7.02. The van der Waals surface area contributed by atoms with Gasteiger partial charge in [0.25, 0.3) is 0 Å². The van der Waals surface area contributed by atoms with Gasteiger partial charge >= 0.3 is 0 Å². The molecule has 3 heterocycles. The molecule has 3 nitrogen and oxygen atoms in total. The van der Waals surface area contributed by atoms with Crippen LogP contribution in [0, 0.1) is 0 Å². The van der Waals surface area contributed by atoms with Crippen LogP contribution >= 0.6 is 11.3 Å². The SMILES string of the molecule is COc1c(OCc2ccccc2)ccc2c1CN1CCc3sccc3[C@@H]1C2. The molecule has 1 aromatic heterocycles. The van der Waals surface area contributed by atoms with Crippen LogP contribution in [-0.4, -0.2) is 18.6 Å². The zero-order valence-corrected chi connectivity index (χ0v) is 16.3. The number of hydrogen-bond donors (Lipinski definition) is 0. The van der Waals surface area contributed by atoms with Gasteiger partial charge < -0.3 is 9.47 Å². The molecule has 2 aromatic carbocycles. The molecular weight excluding hydrogens is 354 g/mol. The number of methoxy groups -OCH3 is 1. The summed E-state index contributed by atoms with van der Waals surface area (Å²) in [5, 5.41) is 2.24. The lowest BCUT2D eigenvalue weighted by Gasteiger charge is -2.40. The summed E-state index contributed by atoms with van der Waals surface area (Å²) in [5.74, 6) is 1.74. The standard InChI is InChI=1S/C23H23NO2S/c1-25-23-19-14-24-11-9-22-18(10-12-27-22)20(24)13-17(19)7-8-21(23)26-15-16-5-3-2-4-6-16/h2-8,10,12,20H,9,11,13-15H2,1H3/t20-/m0/s1. The molecule has 0 aliphatic carbocycles. The van der Waals surface area contributed by atoms with E-state index in [1.165, 1.54) is 22.3 Å². The number of thiophene rings is 1. The first-order valence-electron chi connectivity index (χ1n) is 9.49. The molecule has 5 rings (SSSR count). The Morgan fingerprint density at radius 2 is 2.00 bits per heavy atom. The minimum absolute atomic E-state index is 0.508. The highest BCUT2D eigenvalue weighted by Gasteiger charge is 2.34. The van der Waals surface area contributed by atoms with Crippen LogP contribution in [0.3, 0.4) is 0 Å². The van der Waals surface area contributed by atoms with E-state index in [0.29, 0.717) is 12.6 Å². The van der Waals surface area contributed by atoms with Crippen molar-refractivity contribution in [2.75, 3.05) is 13.7 Å². The maximum absolute atomic E-state index is 6.12. The van der Waals surface area contributed by atoms with Gasteiger partial charge in [-0.05, 0) is 47.0 Å². The lowest BCUT2D eigenvalue weighted by molar-refractivity contribution is 0.159. The van der Waals surface area contributed by atoms with E-state index in [0.717, 1.165) is 37.4 Å². The van der Waals surface area contributed by atoms with E-state index in [2.05, 4.69) is 40.6 Å². The van der Waals surface area contributed by atoms with E-state index in [9.17, 15) is 0 Å². The van der Waals surface area contributed by atoms with Gasteiger partial charge in [-0.2, -0.15) is 0 Å². The Morgan fingerprint density at radius 3 is 2.85 bits per heavy atom. The van der Waals surface area contributed by atoms with Crippen molar-refractivity contribution >= 4 is 11.3 Å². The van der Waals surface area contributed by atoms with Crippen molar-refractivity contribution < 1.29 is 9.47 Å². The van der Waals surface area contributed by atoms with Crippen molar-refractivity contribution in [3.8, 4) is 11.5 Å². The first-order valence-corrected chi connectivity index (χ1v) is 10.4. The Morgan fingerprint density at radius 1 is 1.11 bits per heavy atom. The molecule has 0 saturated carbocycles. The molecule has 0 N–H and O–H groups in total. The number of benzene rings is 2. The predicted octanol–water partition coefficient (Wildman–Crippen LogP) is 4.99. The van der Waals surface area contributed by atoms with Crippen LogP contribution in [-0.2, 0) is 26.0 Å². The van der Waals surface area contributed by atoms with Gasteiger partial charge in [0.05, 0.1) is 7.11 Å². The van der Waals surface area contributed by atoms with Crippen molar-refractivity contribution in [3.05, 3.63) is 81.0 Å². The van der Waals surface area contributed by atoms with E-state index in [1.807, 2.05) is 29.5 Å². The zero-order chi connectivity index (χ0) is 18.2. The van der Waals surface area contributed by atoms with Gasteiger partial charge in [-0.25, -0.2) is 0 Å². The van der Waals surface area contributed by atoms with Gasteiger partial charge in [0, 0.05) is 29.6 Å². The van der Waals surface area contributed by atoms with Crippen molar-refractivity contribution in [3.63, 3.8) is 0 Å². The molecule has 1 atom stereocenters. The number of fused-ring (bicyclic) bond motifs is 4. The Kier molecular flexibility index (Phi) is 4.38. The Labute approximate surface area is 164 Å². The molecule has 0 saturated heterocycles. The molecule has 2 aliphatic rings. The number of hydrogen-bond acceptors (Lipinski definition) is 4. The van der Waals surface area contributed by atoms with Crippen molar-refractivity contribution in [1.29, 1.82) is 0 Å². The van der Waals surface area contributed by atoms with Crippen molar-refractivity contribution in [2.45, 2.75) is 32.0 Å². The van der Waals surface area contributed by atoms with Crippen LogP contribution in [0.5, 0.6) is 11.5 Å². The van der Waals surface area contributed by atoms with Crippen LogP contribution in [0.1, 0.15) is 33.2 Å². The van der Waals surface area contributed by atoms with Crippen LogP contribution < -0.4 is 9.47 Å². The average Bonchev–Trinajstić information content (AvgIpc) is 3.20. The monoisotopic (exact) mass is 377 g/mol. The molecule has 0 fully saturated rings. The minimum atomic E-state index is 0.508. The first kappa shape index (κ1) is 16.8. The maximum Gasteiger partial charge on any atom is 0.165 e. The third-order valence-electron chi connectivity index (χ3n) is 5.74. The molecule has 0 spiro atoms. The molecule has 0 radical (unpaired) electrons. The number of nitrogens with zero attached hydrogens (tertiary/aromatic N) is 1. The topological polar surface area (TPSA) is 21.7 Å². The number of ether oxygens (including phenoxy) is 2. The molecule has 27 heavy (non-hydrogen) atoms. The largest absolute Gasteiger partial charge is 0.493 e. The molecule has 3 aromatic rings. The average molecular weight is 378 g/mol. The summed E-state index contributed by atoms with van der Waals surface area (Å²) >= 11 is 1.91. The Balaban J connectivity index is 1.44. The molecule has 138 valence electrons. The maximum atomic E-state index is 6.12. The fourth-order valence-electron chi connectivity index (χ4n) is 4.37. The second-order valence-corrected chi connectivity index (χ2v) is 8.25. The third-order valence-corrected chi connectivity index (χ3v) is 6.74. The molecule has 0 unspecified atom stereocenters. The van der Waals surface area contributed by atoms with Gasteiger partial charge in [0.1, 0.15) is 6.61 Å². The van der Waals surface area contributed by atoms with Gasteiger partial charge in [-0.15, -0.1) is 11.3 Å². The van der Waals surface area contributed by atoms with Crippen molar-refractivity contribution in [2.24, 2.45) is 0 Å². The van der Waals surface area contributed by atoms with Gasteiger partial charge in [-0.3, -0.25) is 4.90 Å². The fraction of sp³-hybridized carbons (Fsp3) is 0.304. The summed E-state index contributed by atoms with van der Waals surface area (Å²) in [6, 6.07) is 17.4. The molecule has 2 aliphatic heterocycles. The van der Waals surface area contributed by atoms with E-state index in [-0.39, 0.29) is 0 Å². The summed E-state index contributed by atoms with van der Waals surface area (Å²) in [7, 11) is 1.75. The summed E-state index contributed by atoms with van der Waals surface area (Å²) in [6.45, 7) is 2.61. The molecule has 0 bridgehead atoms. The fourth-order valence-corrected chi connectivity index (χ4v) is 5.30. The zero-order valence-electron chi connectivity index (χ0n) is 15.5. The Bertz CT molecular complexity index is 950. The van der Waals surface area contributed by atoms with Gasteiger partial charge in [-0.1, -0.05) is 36.4 Å². The predicted molar refractivity (Wildman–Crippen MR) is 109 cm³/mol. The second-order valence-electron chi connectivity index (χ2n) is 7.25. The summed E-state index contributed by atoms with van der Waals surface area (Å²) in [6.07, 6.45) is 2.21. The number of rotatable bonds is 4. The van der Waals surface area contributed by atoms with E-state index >= 15 is 0 Å². The van der Waals surface area contributed by atoms with Gasteiger partial charge in [0.2, 0.25) is 0 Å². The van der Waals surface area contributed by atoms with Crippen molar-refractivity contribution in [1.82, 2.24) is 4.90 Å². The highest BCUT2D eigenvalue weighted by Crippen LogP contribution is 2.44. The highest BCUT2D eigenvalue weighted by molar-refractivity contribution is 7.10. The first-order chi connectivity index (χ1) is 13.3. The third kappa shape index (κ3) is 3.03. The minimum Gasteiger partial charge on any atom is -0.493 e. The van der Waals surface area contributed by atoms with Crippen LogP contribution in [0.25, 0.3) is 0 Å². The van der Waals surface area contributed by atoms with E-state index in [1.54, 1.807) is 12.0 Å². The Hall–Kier alpha value is -2.30. The van der Waals surface area contributed by atoms with Crippen LogP contribution in [0.4, 0.5) is 0 Å². The summed E-state index contributed by atoms with van der Waals surface area (Å²) < 4.78 is 11.9. The summed E-state index contributed by atoms with van der Waals surface area (Å²) in [5.41, 5.74) is 5.37. The lowest BCUT2D eigenvalue weighted by atomic mass is 9.87. The van der Waals surface area contributed by atoms with Crippen LogP contribution in [0.2, 0.25) is 0 Å². The molecule has 0 amide bonds. The highest BCUT2D eigenvalue weighted by atomic mass is 32.1.